The van der Waals surface area contributed by atoms with Gasteiger partial charge in [0, 0.05) is 29.9 Å². The third-order valence-electron chi connectivity index (χ3n) is 3.36. The fourth-order valence-corrected chi connectivity index (χ4v) is 2.14. The van der Waals surface area contributed by atoms with Crippen LogP contribution < -0.4 is 24.3 Å². The SMILES string of the molecule is COc1ccc(CNc2ccc(OC)c(OC)c2)c(OC)c1. The molecule has 2 aromatic carbocycles. The zero-order chi connectivity index (χ0) is 15.9. The Morgan fingerprint density at radius 2 is 1.45 bits per heavy atom. The molecule has 0 atom stereocenters. The fourth-order valence-electron chi connectivity index (χ4n) is 2.14. The van der Waals surface area contributed by atoms with Crippen LogP contribution in [0.5, 0.6) is 23.0 Å². The van der Waals surface area contributed by atoms with Gasteiger partial charge < -0.3 is 24.3 Å². The van der Waals surface area contributed by atoms with E-state index < -0.39 is 0 Å². The van der Waals surface area contributed by atoms with Crippen molar-refractivity contribution >= 4 is 5.69 Å². The summed E-state index contributed by atoms with van der Waals surface area (Å²) in [4.78, 5) is 0. The van der Waals surface area contributed by atoms with Crippen LogP contribution in [0.3, 0.4) is 0 Å². The monoisotopic (exact) mass is 303 g/mol. The first-order valence-electron chi connectivity index (χ1n) is 6.88. The van der Waals surface area contributed by atoms with Crippen LogP contribution in [0.25, 0.3) is 0 Å². The van der Waals surface area contributed by atoms with Gasteiger partial charge in [0.25, 0.3) is 0 Å². The largest absolute Gasteiger partial charge is 0.497 e. The molecule has 2 rings (SSSR count). The molecule has 0 heterocycles. The molecule has 5 heteroatoms. The molecule has 5 nitrogen and oxygen atoms in total. The number of hydrogen-bond donors (Lipinski definition) is 1. The number of anilines is 1. The first kappa shape index (κ1) is 15.8. The summed E-state index contributed by atoms with van der Waals surface area (Å²) in [6.07, 6.45) is 0. The molecule has 0 unspecified atom stereocenters. The van der Waals surface area contributed by atoms with Gasteiger partial charge in [0.1, 0.15) is 11.5 Å². The molecule has 0 saturated carbocycles. The van der Waals surface area contributed by atoms with Gasteiger partial charge in [-0.05, 0) is 24.3 Å². The Morgan fingerprint density at radius 1 is 0.727 bits per heavy atom. The highest BCUT2D eigenvalue weighted by atomic mass is 16.5. The normalized spacial score (nSPS) is 10.0. The molecule has 0 saturated heterocycles. The van der Waals surface area contributed by atoms with Gasteiger partial charge in [-0.15, -0.1) is 0 Å². The molecule has 0 amide bonds. The van der Waals surface area contributed by atoms with Gasteiger partial charge >= 0.3 is 0 Å². The topological polar surface area (TPSA) is 49.0 Å². The van der Waals surface area contributed by atoms with Crippen LogP contribution in [0.1, 0.15) is 5.56 Å². The van der Waals surface area contributed by atoms with Crippen molar-refractivity contribution in [2.24, 2.45) is 0 Å². The van der Waals surface area contributed by atoms with Crippen molar-refractivity contribution in [3.8, 4) is 23.0 Å². The van der Waals surface area contributed by atoms with Crippen LogP contribution in [-0.2, 0) is 6.54 Å². The van der Waals surface area contributed by atoms with E-state index in [1.165, 1.54) is 0 Å². The summed E-state index contributed by atoms with van der Waals surface area (Å²) in [5.41, 5.74) is 1.98. The van der Waals surface area contributed by atoms with Crippen molar-refractivity contribution in [1.29, 1.82) is 0 Å². The van der Waals surface area contributed by atoms with E-state index in [1.54, 1.807) is 28.4 Å². The second-order valence-electron chi connectivity index (χ2n) is 4.60. The van der Waals surface area contributed by atoms with Crippen LogP contribution in [0.15, 0.2) is 36.4 Å². The molecule has 118 valence electrons. The summed E-state index contributed by atoms with van der Waals surface area (Å²) >= 11 is 0. The van der Waals surface area contributed by atoms with Gasteiger partial charge in [0.2, 0.25) is 0 Å². The molecule has 0 aliphatic heterocycles. The molecule has 22 heavy (non-hydrogen) atoms. The molecule has 0 spiro atoms. The van der Waals surface area contributed by atoms with Crippen LogP contribution >= 0.6 is 0 Å². The number of hydrogen-bond acceptors (Lipinski definition) is 5. The molecule has 0 aliphatic carbocycles. The molecule has 0 aliphatic rings. The number of ether oxygens (including phenoxy) is 4. The molecule has 2 aromatic rings. The standard InChI is InChI=1S/C17H21NO4/c1-19-14-7-5-12(16(10-14)21-3)11-18-13-6-8-15(20-2)17(9-13)22-4/h5-10,18H,11H2,1-4H3. The highest BCUT2D eigenvalue weighted by molar-refractivity contribution is 5.55. The Kier molecular flexibility index (Phi) is 5.36. The number of methoxy groups -OCH3 is 4. The van der Waals surface area contributed by atoms with E-state index in [1.807, 2.05) is 36.4 Å². The summed E-state index contributed by atoms with van der Waals surface area (Å²) in [6.45, 7) is 0.628. The van der Waals surface area contributed by atoms with Crippen LogP contribution in [0.4, 0.5) is 5.69 Å². The van der Waals surface area contributed by atoms with Gasteiger partial charge in [-0.3, -0.25) is 0 Å². The Hall–Kier alpha value is -2.56. The minimum absolute atomic E-state index is 0.628. The highest BCUT2D eigenvalue weighted by Gasteiger charge is 2.07. The van der Waals surface area contributed by atoms with Gasteiger partial charge in [0.05, 0.1) is 28.4 Å². The highest BCUT2D eigenvalue weighted by Crippen LogP contribution is 2.30. The van der Waals surface area contributed by atoms with E-state index in [2.05, 4.69) is 5.32 Å². The lowest BCUT2D eigenvalue weighted by molar-refractivity contribution is 0.355. The predicted molar refractivity (Wildman–Crippen MR) is 86.4 cm³/mol. The third-order valence-corrected chi connectivity index (χ3v) is 3.36. The smallest absolute Gasteiger partial charge is 0.162 e. The predicted octanol–water partition coefficient (Wildman–Crippen LogP) is 3.33. The maximum Gasteiger partial charge on any atom is 0.162 e. The molecule has 0 aromatic heterocycles. The maximum absolute atomic E-state index is 5.39. The van der Waals surface area contributed by atoms with Crippen LogP contribution in [0.2, 0.25) is 0 Å². The maximum atomic E-state index is 5.39. The Bertz CT molecular complexity index is 628. The van der Waals surface area contributed by atoms with E-state index in [-0.39, 0.29) is 0 Å². The molecule has 0 fully saturated rings. The minimum Gasteiger partial charge on any atom is -0.497 e. The lowest BCUT2D eigenvalue weighted by Gasteiger charge is -2.13. The summed E-state index contributed by atoms with van der Waals surface area (Å²) in [7, 11) is 6.52. The molecular weight excluding hydrogens is 282 g/mol. The van der Waals surface area contributed by atoms with Crippen molar-refractivity contribution in [1.82, 2.24) is 0 Å². The molecular formula is C17H21NO4. The Balaban J connectivity index is 2.13. The molecule has 0 bridgehead atoms. The lowest BCUT2D eigenvalue weighted by Crippen LogP contribution is -2.02. The third kappa shape index (κ3) is 3.55. The van der Waals surface area contributed by atoms with Gasteiger partial charge in [-0.2, -0.15) is 0 Å². The lowest BCUT2D eigenvalue weighted by atomic mass is 10.2. The quantitative estimate of drug-likeness (QED) is 0.850. The van der Waals surface area contributed by atoms with E-state index in [0.29, 0.717) is 18.0 Å². The van der Waals surface area contributed by atoms with Crippen LogP contribution in [0, 0.1) is 0 Å². The Labute approximate surface area is 130 Å². The number of benzene rings is 2. The minimum atomic E-state index is 0.628. The average molecular weight is 303 g/mol. The van der Waals surface area contributed by atoms with Crippen molar-refractivity contribution in [3.63, 3.8) is 0 Å². The zero-order valence-electron chi connectivity index (χ0n) is 13.3. The van der Waals surface area contributed by atoms with E-state index in [4.69, 9.17) is 18.9 Å². The van der Waals surface area contributed by atoms with Crippen molar-refractivity contribution in [2.75, 3.05) is 33.8 Å². The summed E-state index contributed by atoms with van der Waals surface area (Å²) in [5, 5.41) is 3.34. The molecule has 1 N–H and O–H groups in total. The second-order valence-corrected chi connectivity index (χ2v) is 4.60. The molecule has 0 radical (unpaired) electrons. The summed E-state index contributed by atoms with van der Waals surface area (Å²) in [5.74, 6) is 2.95. The van der Waals surface area contributed by atoms with E-state index in [9.17, 15) is 0 Å². The fraction of sp³-hybridized carbons (Fsp3) is 0.294. The van der Waals surface area contributed by atoms with E-state index in [0.717, 1.165) is 22.7 Å². The Morgan fingerprint density at radius 3 is 2.09 bits per heavy atom. The van der Waals surface area contributed by atoms with Crippen molar-refractivity contribution in [3.05, 3.63) is 42.0 Å². The summed E-state index contributed by atoms with van der Waals surface area (Å²) in [6, 6.07) is 11.5. The van der Waals surface area contributed by atoms with Gasteiger partial charge in [-0.25, -0.2) is 0 Å². The second kappa shape index (κ2) is 7.45. The first-order valence-corrected chi connectivity index (χ1v) is 6.88. The van der Waals surface area contributed by atoms with Crippen LogP contribution in [-0.4, -0.2) is 28.4 Å². The van der Waals surface area contributed by atoms with Crippen molar-refractivity contribution in [2.45, 2.75) is 6.54 Å². The van der Waals surface area contributed by atoms with Gasteiger partial charge in [0.15, 0.2) is 11.5 Å². The summed E-state index contributed by atoms with van der Waals surface area (Å²) < 4.78 is 21.1. The zero-order valence-corrected chi connectivity index (χ0v) is 13.3. The van der Waals surface area contributed by atoms with Crippen molar-refractivity contribution < 1.29 is 18.9 Å². The number of rotatable bonds is 7. The van der Waals surface area contributed by atoms with E-state index >= 15 is 0 Å². The van der Waals surface area contributed by atoms with Gasteiger partial charge in [-0.1, -0.05) is 0 Å². The first-order chi connectivity index (χ1) is 10.7. The number of nitrogens with one attached hydrogen (secondary N) is 1. The average Bonchev–Trinajstić information content (AvgIpc) is 2.59.